The van der Waals surface area contributed by atoms with Gasteiger partial charge >= 0.3 is 0 Å². The second-order valence-electron chi connectivity index (χ2n) is 8.33. The van der Waals surface area contributed by atoms with E-state index in [1.807, 2.05) is 32.0 Å². The molecule has 4 rings (SSSR count). The van der Waals surface area contributed by atoms with E-state index < -0.39 is 0 Å². The molecule has 3 aromatic rings. The van der Waals surface area contributed by atoms with E-state index in [4.69, 9.17) is 15.6 Å². The Morgan fingerprint density at radius 1 is 1.32 bits per heavy atom. The number of nitrogens with zero attached hydrogens (tertiary/aromatic N) is 3. The van der Waals surface area contributed by atoms with Gasteiger partial charge in [-0.05, 0) is 63.1 Å². The molecule has 1 aliphatic rings. The second kappa shape index (κ2) is 8.53. The van der Waals surface area contributed by atoms with E-state index in [1.54, 1.807) is 4.52 Å². The van der Waals surface area contributed by atoms with Gasteiger partial charge in [-0.15, -0.1) is 5.10 Å². The van der Waals surface area contributed by atoms with Crippen LogP contribution in [0.25, 0.3) is 16.9 Å². The number of hydrogen-bond acceptors (Lipinski definition) is 5. The highest BCUT2D eigenvalue weighted by Crippen LogP contribution is 2.37. The van der Waals surface area contributed by atoms with Crippen molar-refractivity contribution in [2.45, 2.75) is 52.9 Å². The van der Waals surface area contributed by atoms with E-state index in [0.717, 1.165) is 49.1 Å². The average molecular weight is 424 g/mol. The Morgan fingerprint density at radius 2 is 2.10 bits per heavy atom. The largest absolute Gasteiger partial charge is 0.493 e. The average Bonchev–Trinajstić information content (AvgIpc) is 3.01. The minimum atomic E-state index is -0.214. The van der Waals surface area contributed by atoms with Gasteiger partial charge in [0.05, 0.1) is 17.9 Å². The van der Waals surface area contributed by atoms with Gasteiger partial charge in [-0.3, -0.25) is 9.59 Å². The first kappa shape index (κ1) is 21.1. The zero-order chi connectivity index (χ0) is 22.1. The summed E-state index contributed by atoms with van der Waals surface area (Å²) in [5.74, 6) is 2.13. The molecule has 3 N–H and O–H groups in total. The Balaban J connectivity index is 1.73. The van der Waals surface area contributed by atoms with Crippen molar-refractivity contribution in [1.29, 1.82) is 0 Å². The minimum absolute atomic E-state index is 0.00550. The zero-order valence-electron chi connectivity index (χ0n) is 18.3. The molecule has 31 heavy (non-hydrogen) atoms. The molecule has 0 unspecified atom stereocenters. The molecule has 1 aromatic carbocycles. The van der Waals surface area contributed by atoms with Gasteiger partial charge in [-0.25, -0.2) is 9.50 Å². The van der Waals surface area contributed by atoms with Crippen molar-refractivity contribution in [3.05, 3.63) is 45.6 Å². The van der Waals surface area contributed by atoms with Gasteiger partial charge in [0.2, 0.25) is 5.91 Å². The lowest BCUT2D eigenvalue weighted by molar-refractivity contribution is -0.125. The Kier molecular flexibility index (Phi) is 5.80. The van der Waals surface area contributed by atoms with Crippen molar-refractivity contribution < 1.29 is 9.53 Å². The fraction of sp³-hybridized carbons (Fsp3) is 0.478. The highest BCUT2D eigenvalue weighted by atomic mass is 16.5. The van der Waals surface area contributed by atoms with Crippen LogP contribution in [0.2, 0.25) is 0 Å². The van der Waals surface area contributed by atoms with Gasteiger partial charge < -0.3 is 15.5 Å². The molecule has 0 radical (unpaired) electrons. The number of imidazole rings is 1. The van der Waals surface area contributed by atoms with Gasteiger partial charge in [0, 0.05) is 12.3 Å². The topological polar surface area (TPSA) is 115 Å². The standard InChI is InChI=1S/C23H29N5O3/c1-4-6-19-25-13(3)20-23(30)26-22(27-28(19)20)17-12-14(7-8-18(17)31-5-2)9-15-10-16(11-15)21(24)29/h7-8,12,15-16H,4-6,9-11H2,1-3H3,(H2,24,29)(H,26,27,30). The number of benzene rings is 1. The lowest BCUT2D eigenvalue weighted by Gasteiger charge is -2.33. The third-order valence-electron chi connectivity index (χ3n) is 5.98. The van der Waals surface area contributed by atoms with Crippen molar-refractivity contribution in [2.24, 2.45) is 17.6 Å². The number of aryl methyl sites for hydroxylation is 2. The van der Waals surface area contributed by atoms with Crippen LogP contribution < -0.4 is 16.0 Å². The summed E-state index contributed by atoms with van der Waals surface area (Å²) in [4.78, 5) is 31.6. The van der Waals surface area contributed by atoms with Crippen LogP contribution in [-0.2, 0) is 17.6 Å². The molecule has 1 saturated carbocycles. The normalized spacial score (nSPS) is 18.2. The number of fused-ring (bicyclic) bond motifs is 1. The number of nitrogens with one attached hydrogen (secondary N) is 1. The predicted octanol–water partition coefficient (Wildman–Crippen LogP) is 2.80. The molecule has 2 aromatic heterocycles. The molecule has 164 valence electrons. The van der Waals surface area contributed by atoms with Crippen LogP contribution in [-0.4, -0.2) is 32.1 Å². The molecule has 1 fully saturated rings. The molecular weight excluding hydrogens is 394 g/mol. The quantitative estimate of drug-likeness (QED) is 0.578. The number of hydrogen-bond donors (Lipinski definition) is 2. The van der Waals surface area contributed by atoms with Crippen LogP contribution in [0.5, 0.6) is 5.75 Å². The molecule has 8 heteroatoms. The summed E-state index contributed by atoms with van der Waals surface area (Å²) in [6.07, 6.45) is 4.16. The van der Waals surface area contributed by atoms with Crippen LogP contribution in [0.1, 0.15) is 50.2 Å². The lowest BCUT2D eigenvalue weighted by atomic mass is 9.72. The van der Waals surface area contributed by atoms with Crippen LogP contribution in [0, 0.1) is 18.8 Å². The van der Waals surface area contributed by atoms with Crippen LogP contribution in [0.4, 0.5) is 0 Å². The second-order valence-corrected chi connectivity index (χ2v) is 8.33. The maximum absolute atomic E-state index is 12.9. The maximum atomic E-state index is 12.9. The number of H-pyrrole nitrogens is 1. The van der Waals surface area contributed by atoms with Gasteiger partial charge in [0.25, 0.3) is 5.56 Å². The van der Waals surface area contributed by atoms with Gasteiger partial charge in [0.15, 0.2) is 11.3 Å². The van der Waals surface area contributed by atoms with Crippen molar-refractivity contribution >= 4 is 11.4 Å². The predicted molar refractivity (Wildman–Crippen MR) is 118 cm³/mol. The van der Waals surface area contributed by atoms with Crippen LogP contribution in [0.3, 0.4) is 0 Å². The molecule has 0 spiro atoms. The number of nitrogens with two attached hydrogens (primary N) is 1. The molecule has 8 nitrogen and oxygen atoms in total. The first-order valence-electron chi connectivity index (χ1n) is 10.9. The highest BCUT2D eigenvalue weighted by Gasteiger charge is 2.33. The molecule has 1 amide bonds. The smallest absolute Gasteiger partial charge is 0.277 e. The van der Waals surface area contributed by atoms with E-state index in [-0.39, 0.29) is 17.4 Å². The number of ether oxygens (including phenoxy) is 1. The van der Waals surface area contributed by atoms with E-state index >= 15 is 0 Å². The zero-order valence-corrected chi connectivity index (χ0v) is 18.3. The lowest BCUT2D eigenvalue weighted by Crippen LogP contribution is -2.35. The van der Waals surface area contributed by atoms with Crippen LogP contribution in [0.15, 0.2) is 23.0 Å². The first-order chi connectivity index (χ1) is 14.9. The number of carbonyl (C=O) groups is 1. The van der Waals surface area contributed by atoms with Crippen molar-refractivity contribution in [2.75, 3.05) is 6.61 Å². The summed E-state index contributed by atoms with van der Waals surface area (Å²) in [5, 5.41) is 4.74. The molecule has 0 aliphatic heterocycles. The molecule has 1 aliphatic carbocycles. The first-order valence-corrected chi connectivity index (χ1v) is 10.9. The summed E-state index contributed by atoms with van der Waals surface area (Å²) >= 11 is 0. The van der Waals surface area contributed by atoms with Crippen molar-refractivity contribution in [3.63, 3.8) is 0 Å². The number of rotatable bonds is 8. The molecular formula is C23H29N5O3. The van der Waals surface area contributed by atoms with Crippen molar-refractivity contribution in [1.82, 2.24) is 19.6 Å². The van der Waals surface area contributed by atoms with Crippen LogP contribution >= 0.6 is 0 Å². The number of carbonyl (C=O) groups excluding carboxylic acids is 1. The Bertz CT molecular complexity index is 1170. The number of amides is 1. The molecule has 0 atom stereocenters. The summed E-state index contributed by atoms with van der Waals surface area (Å²) in [5.41, 5.74) is 8.20. The third-order valence-corrected chi connectivity index (χ3v) is 5.98. The summed E-state index contributed by atoms with van der Waals surface area (Å²) < 4.78 is 7.49. The number of primary amides is 1. The van der Waals surface area contributed by atoms with E-state index in [0.29, 0.717) is 35.3 Å². The van der Waals surface area contributed by atoms with Gasteiger partial charge in [-0.2, -0.15) is 0 Å². The van der Waals surface area contributed by atoms with E-state index in [2.05, 4.69) is 16.9 Å². The van der Waals surface area contributed by atoms with E-state index in [1.165, 1.54) is 0 Å². The molecule has 0 saturated heterocycles. The van der Waals surface area contributed by atoms with E-state index in [9.17, 15) is 9.59 Å². The summed E-state index contributed by atoms with van der Waals surface area (Å²) in [7, 11) is 0. The third kappa shape index (κ3) is 4.06. The fourth-order valence-electron chi connectivity index (χ4n) is 4.38. The Morgan fingerprint density at radius 3 is 2.77 bits per heavy atom. The molecule has 0 bridgehead atoms. The monoisotopic (exact) mass is 423 g/mol. The highest BCUT2D eigenvalue weighted by molar-refractivity contribution is 5.77. The maximum Gasteiger partial charge on any atom is 0.277 e. The summed E-state index contributed by atoms with van der Waals surface area (Å²) in [6, 6.07) is 5.98. The SMILES string of the molecule is CCCc1nc(C)c2c(=O)[nH]c(-c3cc(CC4CC(C(N)=O)C4)ccc3OCC)nn12. The Hall–Kier alpha value is -3.16. The fourth-order valence-corrected chi connectivity index (χ4v) is 4.38. The molecule has 2 heterocycles. The number of aromatic amines is 1. The Labute approximate surface area is 180 Å². The van der Waals surface area contributed by atoms with Gasteiger partial charge in [0.1, 0.15) is 11.6 Å². The minimum Gasteiger partial charge on any atom is -0.493 e. The van der Waals surface area contributed by atoms with Gasteiger partial charge in [-0.1, -0.05) is 13.0 Å². The summed E-state index contributed by atoms with van der Waals surface area (Å²) in [6.45, 7) is 6.33. The number of aromatic nitrogens is 4. The van der Waals surface area contributed by atoms with Crippen molar-refractivity contribution in [3.8, 4) is 17.1 Å².